The zero-order valence-corrected chi connectivity index (χ0v) is 19.1. The van der Waals surface area contributed by atoms with E-state index in [4.69, 9.17) is 9.57 Å². The molecule has 0 unspecified atom stereocenters. The average Bonchev–Trinajstić information content (AvgIpc) is 3.25. The molecule has 0 bridgehead atoms. The molecule has 170 valence electrons. The first-order valence-corrected chi connectivity index (χ1v) is 11.2. The molecule has 1 fully saturated rings. The number of aromatic nitrogens is 2. The summed E-state index contributed by atoms with van der Waals surface area (Å²) in [6.45, 7) is 5.01. The van der Waals surface area contributed by atoms with Crippen LogP contribution in [0.25, 0.3) is 11.8 Å². The highest BCUT2D eigenvalue weighted by atomic mass is 19.1. The molecule has 2 aliphatic heterocycles. The number of halogens is 1. The van der Waals surface area contributed by atoms with E-state index in [1.165, 1.54) is 0 Å². The maximum absolute atomic E-state index is 14.7. The summed E-state index contributed by atoms with van der Waals surface area (Å²) in [5.41, 5.74) is 5.52. The van der Waals surface area contributed by atoms with Crippen molar-refractivity contribution in [1.82, 2.24) is 14.5 Å². The van der Waals surface area contributed by atoms with Gasteiger partial charge in [-0.1, -0.05) is 23.4 Å². The van der Waals surface area contributed by atoms with Crippen LogP contribution in [0.5, 0.6) is 5.75 Å². The Hall–Kier alpha value is -3.61. The number of hydrogen-bond acceptors (Lipinski definition) is 5. The fourth-order valence-electron chi connectivity index (χ4n) is 4.56. The molecule has 5 rings (SSSR count). The fourth-order valence-corrected chi connectivity index (χ4v) is 4.56. The van der Waals surface area contributed by atoms with Crippen molar-refractivity contribution < 1.29 is 14.0 Å². The molecule has 0 aliphatic carbocycles. The standard InChI is InChI=1S/C26H27FN4O2/c1-17-6-8-21(22(27)11-17)24-15-33-29-26-20(5-4-10-31(24)26)12-19-7-9-23(25(13-19)32-3)30-14-18(2)28-16-30/h6-9,11-14,16,24H,4-5,10,15H2,1-3H3/b20-12+/t24-/m1/s1. The highest BCUT2D eigenvalue weighted by molar-refractivity contribution is 6.03. The van der Waals surface area contributed by atoms with Crippen LogP contribution in [0.4, 0.5) is 4.39 Å². The van der Waals surface area contributed by atoms with Crippen molar-refractivity contribution in [1.29, 1.82) is 0 Å². The number of benzene rings is 2. The Bertz CT molecular complexity index is 1250. The van der Waals surface area contributed by atoms with Crippen molar-refractivity contribution in [3.8, 4) is 11.4 Å². The molecule has 1 saturated heterocycles. The summed E-state index contributed by atoms with van der Waals surface area (Å²) in [6.07, 6.45) is 7.72. The Labute approximate surface area is 192 Å². The first-order valence-electron chi connectivity index (χ1n) is 11.2. The molecule has 0 amide bonds. The highest BCUT2D eigenvalue weighted by Gasteiger charge is 2.34. The summed E-state index contributed by atoms with van der Waals surface area (Å²) in [5, 5.41) is 4.37. The van der Waals surface area contributed by atoms with Gasteiger partial charge in [-0.15, -0.1) is 0 Å². The topological polar surface area (TPSA) is 51.9 Å². The number of nitrogens with zero attached hydrogens (tertiary/aromatic N) is 4. The zero-order valence-electron chi connectivity index (χ0n) is 19.1. The maximum Gasteiger partial charge on any atom is 0.172 e. The van der Waals surface area contributed by atoms with Crippen LogP contribution in [0.1, 0.15) is 41.3 Å². The normalized spacial score (nSPS) is 19.2. The molecule has 0 saturated carbocycles. The van der Waals surface area contributed by atoms with E-state index in [-0.39, 0.29) is 11.9 Å². The van der Waals surface area contributed by atoms with Crippen molar-refractivity contribution in [3.63, 3.8) is 0 Å². The number of rotatable bonds is 4. The van der Waals surface area contributed by atoms with Gasteiger partial charge in [-0.2, -0.15) is 0 Å². The second-order valence-corrected chi connectivity index (χ2v) is 8.57. The Morgan fingerprint density at radius 2 is 2.06 bits per heavy atom. The second-order valence-electron chi connectivity index (χ2n) is 8.57. The molecule has 6 nitrogen and oxygen atoms in total. The molecule has 33 heavy (non-hydrogen) atoms. The summed E-state index contributed by atoms with van der Waals surface area (Å²) in [7, 11) is 1.67. The Kier molecular flexibility index (Phi) is 5.62. The summed E-state index contributed by atoms with van der Waals surface area (Å²) < 4.78 is 22.4. The largest absolute Gasteiger partial charge is 0.495 e. The molecule has 3 aromatic rings. The third-order valence-corrected chi connectivity index (χ3v) is 6.21. The van der Waals surface area contributed by atoms with Gasteiger partial charge in [0.05, 0.1) is 30.9 Å². The summed E-state index contributed by atoms with van der Waals surface area (Å²) in [4.78, 5) is 12.1. The molecule has 0 spiro atoms. The van der Waals surface area contributed by atoms with Crippen molar-refractivity contribution in [2.75, 3.05) is 20.3 Å². The summed E-state index contributed by atoms with van der Waals surface area (Å²) in [6, 6.07) is 11.3. The van der Waals surface area contributed by atoms with E-state index in [0.717, 1.165) is 59.1 Å². The van der Waals surface area contributed by atoms with Gasteiger partial charge in [0, 0.05) is 18.3 Å². The molecule has 3 heterocycles. The molecule has 1 atom stereocenters. The zero-order chi connectivity index (χ0) is 22.9. The van der Waals surface area contributed by atoms with Crippen molar-refractivity contribution in [3.05, 3.63) is 82.7 Å². The Balaban J connectivity index is 1.46. The first kappa shape index (κ1) is 21.2. The lowest BCUT2D eigenvalue weighted by molar-refractivity contribution is 0.0561. The van der Waals surface area contributed by atoms with E-state index in [1.54, 1.807) is 19.5 Å². The van der Waals surface area contributed by atoms with Crippen molar-refractivity contribution >= 4 is 11.9 Å². The lowest BCUT2D eigenvalue weighted by atomic mass is 9.95. The molecule has 7 heteroatoms. The Morgan fingerprint density at radius 3 is 2.82 bits per heavy atom. The van der Waals surface area contributed by atoms with Gasteiger partial charge >= 0.3 is 0 Å². The van der Waals surface area contributed by atoms with Gasteiger partial charge in [0.1, 0.15) is 18.2 Å². The number of amidine groups is 1. The smallest absolute Gasteiger partial charge is 0.172 e. The summed E-state index contributed by atoms with van der Waals surface area (Å²) in [5.74, 6) is 1.35. The van der Waals surface area contributed by atoms with E-state index >= 15 is 0 Å². The van der Waals surface area contributed by atoms with Crippen LogP contribution in [0, 0.1) is 19.7 Å². The van der Waals surface area contributed by atoms with E-state index < -0.39 is 0 Å². The predicted molar refractivity (Wildman–Crippen MR) is 126 cm³/mol. The number of oxime groups is 1. The lowest BCUT2D eigenvalue weighted by Gasteiger charge is -2.40. The number of ether oxygens (including phenoxy) is 1. The van der Waals surface area contributed by atoms with Crippen molar-refractivity contribution in [2.45, 2.75) is 32.7 Å². The minimum atomic E-state index is -0.198. The number of hydrogen-bond donors (Lipinski definition) is 0. The molecule has 2 aliphatic rings. The minimum Gasteiger partial charge on any atom is -0.495 e. The van der Waals surface area contributed by atoms with E-state index in [1.807, 2.05) is 48.9 Å². The number of fused-ring (bicyclic) bond motifs is 1. The van der Waals surface area contributed by atoms with E-state index in [0.29, 0.717) is 12.2 Å². The monoisotopic (exact) mass is 446 g/mol. The molecule has 1 aromatic heterocycles. The SMILES string of the molecule is COc1cc(/C=C2\CCCN3C2=NOC[C@@H]3c2ccc(C)cc2F)ccc1-n1cnc(C)c1. The van der Waals surface area contributed by atoms with Crippen LogP contribution < -0.4 is 4.74 Å². The van der Waals surface area contributed by atoms with Crippen LogP contribution in [-0.2, 0) is 4.84 Å². The second kappa shape index (κ2) is 8.73. The maximum atomic E-state index is 14.7. The van der Waals surface area contributed by atoms with Gasteiger partial charge in [-0.05, 0) is 67.7 Å². The molecule has 0 radical (unpaired) electrons. The van der Waals surface area contributed by atoms with Crippen molar-refractivity contribution in [2.24, 2.45) is 5.16 Å². The van der Waals surface area contributed by atoms with Gasteiger partial charge in [-0.3, -0.25) is 0 Å². The Morgan fingerprint density at radius 1 is 1.18 bits per heavy atom. The first-order chi connectivity index (χ1) is 16.0. The number of aryl methyl sites for hydroxylation is 2. The van der Waals surface area contributed by atoms with Crippen LogP contribution in [0.15, 0.2) is 59.7 Å². The van der Waals surface area contributed by atoms with Gasteiger partial charge in [0.15, 0.2) is 5.84 Å². The fraction of sp³-hybridized carbons (Fsp3) is 0.308. The number of piperidine rings is 1. The molecular formula is C26H27FN4O2. The van der Waals surface area contributed by atoms with Gasteiger partial charge in [0.25, 0.3) is 0 Å². The third kappa shape index (κ3) is 4.11. The minimum absolute atomic E-state index is 0.191. The van der Waals surface area contributed by atoms with Crippen LogP contribution in [-0.4, -0.2) is 40.5 Å². The molecule has 2 aromatic carbocycles. The third-order valence-electron chi connectivity index (χ3n) is 6.21. The van der Waals surface area contributed by atoms with Gasteiger partial charge in [0.2, 0.25) is 0 Å². The quantitative estimate of drug-likeness (QED) is 0.553. The predicted octanol–water partition coefficient (Wildman–Crippen LogP) is 5.20. The number of methoxy groups -OCH3 is 1. The van der Waals surface area contributed by atoms with E-state index in [2.05, 4.69) is 27.2 Å². The molecular weight excluding hydrogens is 419 g/mol. The number of imidazole rings is 1. The molecule has 0 N–H and O–H groups in total. The van der Waals surface area contributed by atoms with Crippen LogP contribution in [0.2, 0.25) is 0 Å². The summed E-state index contributed by atoms with van der Waals surface area (Å²) >= 11 is 0. The van der Waals surface area contributed by atoms with Crippen LogP contribution >= 0.6 is 0 Å². The van der Waals surface area contributed by atoms with E-state index in [9.17, 15) is 4.39 Å². The highest BCUT2D eigenvalue weighted by Crippen LogP contribution is 2.34. The lowest BCUT2D eigenvalue weighted by Crippen LogP contribution is -2.44. The van der Waals surface area contributed by atoms with Crippen LogP contribution in [0.3, 0.4) is 0 Å². The average molecular weight is 447 g/mol. The van der Waals surface area contributed by atoms with Gasteiger partial charge in [-0.25, -0.2) is 9.37 Å². The van der Waals surface area contributed by atoms with Gasteiger partial charge < -0.3 is 19.0 Å².